The van der Waals surface area contributed by atoms with Crippen LogP contribution < -0.4 is 9.62 Å². The highest BCUT2D eigenvalue weighted by Crippen LogP contribution is 2.27. The third-order valence-corrected chi connectivity index (χ3v) is 6.64. The van der Waals surface area contributed by atoms with E-state index in [2.05, 4.69) is 5.32 Å². The Hall–Kier alpha value is -2.83. The van der Waals surface area contributed by atoms with Gasteiger partial charge in [-0.1, -0.05) is 84.8 Å². The van der Waals surface area contributed by atoms with Crippen LogP contribution in [0.5, 0.6) is 0 Å². The van der Waals surface area contributed by atoms with Gasteiger partial charge in [-0.3, -0.25) is 9.10 Å². The van der Waals surface area contributed by atoms with E-state index in [4.69, 9.17) is 11.6 Å². The van der Waals surface area contributed by atoms with E-state index in [1.54, 1.807) is 31.2 Å². The Morgan fingerprint density at radius 2 is 1.59 bits per heavy atom. The summed E-state index contributed by atoms with van der Waals surface area (Å²) >= 11 is 6.10. The molecule has 0 bridgehead atoms. The fourth-order valence-electron chi connectivity index (χ4n) is 3.68. The van der Waals surface area contributed by atoms with Crippen LogP contribution in [-0.4, -0.2) is 26.6 Å². The van der Waals surface area contributed by atoms with E-state index >= 15 is 0 Å². The molecule has 0 aliphatic carbocycles. The van der Waals surface area contributed by atoms with Gasteiger partial charge >= 0.3 is 0 Å². The molecule has 7 heteroatoms. The van der Waals surface area contributed by atoms with E-state index < -0.39 is 22.1 Å². The fourth-order valence-corrected chi connectivity index (χ4v) is 5.06. The lowest BCUT2D eigenvalue weighted by Gasteiger charge is -2.32. The molecule has 0 fully saturated rings. The van der Waals surface area contributed by atoms with E-state index in [0.717, 1.165) is 27.3 Å². The lowest BCUT2D eigenvalue weighted by atomic mass is 9.97. The summed E-state index contributed by atoms with van der Waals surface area (Å²) in [7, 11) is -3.75. The lowest BCUT2D eigenvalue weighted by Crippen LogP contribution is -2.50. The van der Waals surface area contributed by atoms with Crippen LogP contribution in [0.3, 0.4) is 0 Å². The third kappa shape index (κ3) is 5.69. The normalized spacial score (nSPS) is 13.2. The molecule has 5 nitrogen and oxygen atoms in total. The third-order valence-electron chi connectivity index (χ3n) is 5.22. The number of carbonyl (C=O) groups is 1. The number of nitrogens with one attached hydrogen (secondary N) is 1. The van der Waals surface area contributed by atoms with Gasteiger partial charge in [0.2, 0.25) is 15.9 Å². The molecule has 32 heavy (non-hydrogen) atoms. The molecule has 3 rings (SSSR count). The summed E-state index contributed by atoms with van der Waals surface area (Å²) in [6.45, 7) is 3.79. The van der Waals surface area contributed by atoms with Crippen molar-refractivity contribution in [3.05, 3.63) is 101 Å². The maximum absolute atomic E-state index is 13.5. The molecule has 0 aromatic heterocycles. The SMILES string of the molecule is CC[C@H](C(=O)N[C@H](c1ccccc1)c1ccc(C)cc1)N(c1cccc(Cl)c1)S(C)(=O)=O. The molecule has 0 spiro atoms. The highest BCUT2D eigenvalue weighted by atomic mass is 35.5. The summed E-state index contributed by atoms with van der Waals surface area (Å²) in [5.74, 6) is -0.382. The topological polar surface area (TPSA) is 66.5 Å². The number of nitrogens with zero attached hydrogens (tertiary/aromatic N) is 1. The van der Waals surface area contributed by atoms with Crippen molar-refractivity contribution in [2.75, 3.05) is 10.6 Å². The van der Waals surface area contributed by atoms with Crippen molar-refractivity contribution in [3.8, 4) is 0 Å². The Morgan fingerprint density at radius 1 is 0.969 bits per heavy atom. The molecule has 0 saturated carbocycles. The van der Waals surface area contributed by atoms with Gasteiger partial charge in [0.15, 0.2) is 0 Å². The van der Waals surface area contributed by atoms with Crippen molar-refractivity contribution < 1.29 is 13.2 Å². The number of hydrogen-bond acceptors (Lipinski definition) is 3. The summed E-state index contributed by atoms with van der Waals surface area (Å²) in [4.78, 5) is 13.5. The van der Waals surface area contributed by atoms with Crippen molar-refractivity contribution in [2.24, 2.45) is 0 Å². The first kappa shape index (κ1) is 23.8. The summed E-state index contributed by atoms with van der Waals surface area (Å²) in [5, 5.41) is 3.48. The number of amides is 1. The summed E-state index contributed by atoms with van der Waals surface area (Å²) < 4.78 is 26.6. The van der Waals surface area contributed by atoms with Crippen molar-refractivity contribution in [2.45, 2.75) is 32.4 Å². The van der Waals surface area contributed by atoms with Crippen LogP contribution in [0.2, 0.25) is 5.02 Å². The first-order valence-corrected chi connectivity index (χ1v) is 12.6. The molecule has 168 valence electrons. The maximum atomic E-state index is 13.5. The Morgan fingerprint density at radius 3 is 2.16 bits per heavy atom. The molecule has 0 radical (unpaired) electrons. The highest BCUT2D eigenvalue weighted by Gasteiger charge is 2.33. The molecule has 0 aliphatic rings. The predicted molar refractivity (Wildman–Crippen MR) is 130 cm³/mol. The summed E-state index contributed by atoms with van der Waals surface area (Å²) in [6, 6.07) is 22.7. The molecule has 3 aromatic carbocycles. The number of benzene rings is 3. The van der Waals surface area contributed by atoms with Crippen molar-refractivity contribution >= 4 is 33.2 Å². The van der Waals surface area contributed by atoms with Crippen molar-refractivity contribution in [1.82, 2.24) is 5.32 Å². The number of halogens is 1. The number of hydrogen-bond donors (Lipinski definition) is 1. The average Bonchev–Trinajstić information content (AvgIpc) is 2.76. The zero-order valence-electron chi connectivity index (χ0n) is 18.3. The molecule has 0 saturated heterocycles. The molecule has 1 amide bonds. The van der Waals surface area contributed by atoms with E-state index in [-0.39, 0.29) is 5.91 Å². The smallest absolute Gasteiger partial charge is 0.244 e. The lowest BCUT2D eigenvalue weighted by molar-refractivity contribution is -0.122. The second-order valence-electron chi connectivity index (χ2n) is 7.73. The standard InChI is InChI=1S/C25H27ClN2O3S/c1-4-23(28(32(3,30)31)22-12-8-11-21(26)17-22)25(29)27-24(19-9-6-5-7-10-19)20-15-13-18(2)14-16-20/h5-17,23-24H,4H2,1-3H3,(H,27,29)/t23-,24-/m1/s1. The van der Waals surface area contributed by atoms with Gasteiger partial charge in [0.05, 0.1) is 18.0 Å². The number of carbonyl (C=O) groups excluding carboxylic acids is 1. The summed E-state index contributed by atoms with van der Waals surface area (Å²) in [5.41, 5.74) is 3.29. The number of anilines is 1. The molecule has 1 N–H and O–H groups in total. The molecule has 2 atom stereocenters. The first-order chi connectivity index (χ1) is 15.2. The van der Waals surface area contributed by atoms with Gasteiger partial charge in [0.1, 0.15) is 6.04 Å². The molecule has 0 aliphatic heterocycles. The zero-order valence-corrected chi connectivity index (χ0v) is 19.9. The van der Waals surface area contributed by atoms with E-state index in [1.807, 2.05) is 61.5 Å². The minimum atomic E-state index is -3.75. The van der Waals surface area contributed by atoms with Gasteiger partial charge in [0.25, 0.3) is 0 Å². The van der Waals surface area contributed by atoms with Crippen LogP contribution in [-0.2, 0) is 14.8 Å². The van der Waals surface area contributed by atoms with Crippen LogP contribution in [0.1, 0.15) is 36.1 Å². The number of aryl methyl sites for hydroxylation is 1. The minimum absolute atomic E-state index is 0.292. The average molecular weight is 471 g/mol. The quantitative estimate of drug-likeness (QED) is 0.498. The molecule has 0 unspecified atom stereocenters. The van der Waals surface area contributed by atoms with Crippen LogP contribution in [0, 0.1) is 6.92 Å². The zero-order chi connectivity index (χ0) is 23.3. The summed E-state index contributed by atoms with van der Waals surface area (Å²) in [6.07, 6.45) is 1.39. The van der Waals surface area contributed by atoms with E-state index in [9.17, 15) is 13.2 Å². The van der Waals surface area contributed by atoms with Crippen LogP contribution >= 0.6 is 11.6 Å². The van der Waals surface area contributed by atoms with E-state index in [0.29, 0.717) is 17.1 Å². The second-order valence-corrected chi connectivity index (χ2v) is 10.0. The first-order valence-electron chi connectivity index (χ1n) is 10.4. The van der Waals surface area contributed by atoms with Gasteiger partial charge in [-0.05, 0) is 42.7 Å². The maximum Gasteiger partial charge on any atom is 0.244 e. The Bertz CT molecular complexity index is 1170. The largest absolute Gasteiger partial charge is 0.343 e. The minimum Gasteiger partial charge on any atom is -0.343 e. The highest BCUT2D eigenvalue weighted by molar-refractivity contribution is 7.92. The van der Waals surface area contributed by atoms with Gasteiger partial charge < -0.3 is 5.32 Å². The van der Waals surface area contributed by atoms with Gasteiger partial charge in [-0.2, -0.15) is 0 Å². The second kappa shape index (κ2) is 10.2. The van der Waals surface area contributed by atoms with Gasteiger partial charge in [-0.15, -0.1) is 0 Å². The Kier molecular flexibility index (Phi) is 7.59. The Balaban J connectivity index is 1.99. The van der Waals surface area contributed by atoms with Crippen LogP contribution in [0.25, 0.3) is 0 Å². The number of sulfonamides is 1. The monoisotopic (exact) mass is 470 g/mol. The van der Waals surface area contributed by atoms with Crippen LogP contribution in [0.4, 0.5) is 5.69 Å². The van der Waals surface area contributed by atoms with Crippen molar-refractivity contribution in [3.63, 3.8) is 0 Å². The predicted octanol–water partition coefficient (Wildman–Crippen LogP) is 5.10. The molecular weight excluding hydrogens is 444 g/mol. The molecule has 3 aromatic rings. The Labute approximate surface area is 195 Å². The van der Waals surface area contributed by atoms with E-state index in [1.165, 1.54) is 0 Å². The van der Waals surface area contributed by atoms with Crippen molar-refractivity contribution in [1.29, 1.82) is 0 Å². The van der Waals surface area contributed by atoms with Gasteiger partial charge in [-0.25, -0.2) is 8.42 Å². The fraction of sp³-hybridized carbons (Fsp3) is 0.240. The number of rotatable bonds is 8. The molecule has 0 heterocycles. The molecular formula is C25H27ClN2O3S. The van der Waals surface area contributed by atoms with Gasteiger partial charge in [0, 0.05) is 5.02 Å². The van der Waals surface area contributed by atoms with Crippen LogP contribution in [0.15, 0.2) is 78.9 Å².